The fourth-order valence-electron chi connectivity index (χ4n) is 1.34. The average Bonchev–Trinajstić information content (AvgIpc) is 2.28. The van der Waals surface area contributed by atoms with Crippen LogP contribution in [-0.4, -0.2) is 26.0 Å². The smallest absolute Gasteiger partial charge is 0.304 e. The molecule has 0 bridgehead atoms. The van der Waals surface area contributed by atoms with Gasteiger partial charge in [0, 0.05) is 12.1 Å². The van der Waals surface area contributed by atoms with Gasteiger partial charge in [0.1, 0.15) is 0 Å². The second-order valence-corrected chi connectivity index (χ2v) is 5.65. The third-order valence-electron chi connectivity index (χ3n) is 2.25. The van der Waals surface area contributed by atoms with Gasteiger partial charge in [-0.3, -0.25) is 4.79 Å². The Kier molecular flexibility index (Phi) is 5.37. The monoisotopic (exact) mass is 293 g/mol. The number of rotatable bonds is 7. The Bertz CT molecular complexity index is 528. The number of hydrogen-bond acceptors (Lipinski definition) is 3. The van der Waals surface area contributed by atoms with Crippen LogP contribution in [0.3, 0.4) is 0 Å². The largest absolute Gasteiger partial charge is 0.481 e. The maximum atomic E-state index is 12.3. The van der Waals surface area contributed by atoms with E-state index in [4.69, 9.17) is 5.11 Å². The molecule has 0 unspecified atom stereocenters. The Morgan fingerprint density at radius 1 is 1.26 bits per heavy atom. The van der Waals surface area contributed by atoms with Crippen LogP contribution in [0.25, 0.3) is 0 Å². The molecule has 5 nitrogen and oxygen atoms in total. The van der Waals surface area contributed by atoms with Gasteiger partial charge < -0.3 is 5.11 Å². The molecule has 0 spiro atoms. The van der Waals surface area contributed by atoms with E-state index in [9.17, 15) is 22.0 Å². The summed E-state index contributed by atoms with van der Waals surface area (Å²) < 4.78 is 49.8. The van der Waals surface area contributed by atoms with Crippen LogP contribution in [0.15, 0.2) is 24.3 Å². The van der Waals surface area contributed by atoms with Crippen LogP contribution in [0.1, 0.15) is 24.0 Å². The molecular formula is C11H13F2NO4S. The number of sulfonamides is 1. The normalized spacial score (nSPS) is 11.7. The van der Waals surface area contributed by atoms with Crippen LogP contribution < -0.4 is 4.72 Å². The summed E-state index contributed by atoms with van der Waals surface area (Å²) in [5.41, 5.74) is 0.173. The fourth-order valence-corrected chi connectivity index (χ4v) is 2.49. The highest BCUT2D eigenvalue weighted by Gasteiger charge is 2.13. The minimum atomic E-state index is -3.66. The molecule has 0 radical (unpaired) electrons. The lowest BCUT2D eigenvalue weighted by molar-refractivity contribution is -0.136. The SMILES string of the molecule is O=C(O)CCNS(=O)(=O)Cc1ccc(C(F)F)cc1. The molecule has 106 valence electrons. The van der Waals surface area contributed by atoms with Gasteiger partial charge in [-0.25, -0.2) is 21.9 Å². The Morgan fingerprint density at radius 2 is 1.84 bits per heavy atom. The number of aliphatic carboxylic acids is 1. The lowest BCUT2D eigenvalue weighted by atomic mass is 10.2. The van der Waals surface area contributed by atoms with E-state index in [2.05, 4.69) is 4.72 Å². The maximum absolute atomic E-state index is 12.3. The summed E-state index contributed by atoms with van der Waals surface area (Å²) in [6, 6.07) is 4.93. The molecule has 0 atom stereocenters. The van der Waals surface area contributed by atoms with Crippen molar-refractivity contribution < 1.29 is 27.1 Å². The standard InChI is InChI=1S/C11H13F2NO4S/c12-11(13)9-3-1-8(2-4-9)7-19(17,18)14-6-5-10(15)16/h1-4,11,14H,5-7H2,(H,15,16). The first-order valence-electron chi connectivity index (χ1n) is 5.36. The minimum absolute atomic E-state index is 0.181. The third-order valence-corrected chi connectivity index (χ3v) is 3.61. The molecule has 0 saturated carbocycles. The van der Waals surface area contributed by atoms with Crippen LogP contribution >= 0.6 is 0 Å². The van der Waals surface area contributed by atoms with Gasteiger partial charge in [-0.05, 0) is 5.56 Å². The summed E-state index contributed by atoms with van der Waals surface area (Å²) in [7, 11) is -3.66. The molecule has 1 aromatic carbocycles. The van der Waals surface area contributed by atoms with Gasteiger partial charge in [-0.2, -0.15) is 0 Å². The quantitative estimate of drug-likeness (QED) is 0.798. The van der Waals surface area contributed by atoms with E-state index < -0.39 is 22.4 Å². The molecule has 2 N–H and O–H groups in total. The highest BCUT2D eigenvalue weighted by atomic mass is 32.2. The molecule has 0 amide bonds. The number of carboxylic acids is 1. The second kappa shape index (κ2) is 6.58. The Hall–Kier alpha value is -1.54. The van der Waals surface area contributed by atoms with Crippen molar-refractivity contribution in [2.24, 2.45) is 0 Å². The average molecular weight is 293 g/mol. The van der Waals surface area contributed by atoms with Gasteiger partial charge in [0.05, 0.1) is 12.2 Å². The lowest BCUT2D eigenvalue weighted by Crippen LogP contribution is -2.27. The van der Waals surface area contributed by atoms with Crippen LogP contribution in [-0.2, 0) is 20.6 Å². The van der Waals surface area contributed by atoms with Crippen molar-refractivity contribution in [2.45, 2.75) is 18.6 Å². The maximum Gasteiger partial charge on any atom is 0.304 e. The van der Waals surface area contributed by atoms with E-state index in [0.29, 0.717) is 5.56 Å². The summed E-state index contributed by atoms with van der Waals surface area (Å²) in [4.78, 5) is 10.2. The van der Waals surface area contributed by atoms with Gasteiger partial charge in [-0.1, -0.05) is 24.3 Å². The topological polar surface area (TPSA) is 83.5 Å². The van der Waals surface area contributed by atoms with Gasteiger partial charge >= 0.3 is 5.97 Å². The zero-order valence-corrected chi connectivity index (χ0v) is 10.7. The summed E-state index contributed by atoms with van der Waals surface area (Å²) in [6.45, 7) is -0.202. The molecule has 0 heterocycles. The van der Waals surface area contributed by atoms with Crippen molar-refractivity contribution in [1.29, 1.82) is 0 Å². The zero-order chi connectivity index (χ0) is 14.5. The minimum Gasteiger partial charge on any atom is -0.481 e. The molecule has 0 fully saturated rings. The highest BCUT2D eigenvalue weighted by molar-refractivity contribution is 7.88. The summed E-state index contributed by atoms with van der Waals surface area (Å²) >= 11 is 0. The first kappa shape index (κ1) is 15.5. The predicted octanol–water partition coefficient (Wildman–Crippen LogP) is 1.52. The third kappa shape index (κ3) is 5.75. The molecule has 0 aliphatic heterocycles. The lowest BCUT2D eigenvalue weighted by Gasteiger charge is -2.06. The predicted molar refractivity (Wildman–Crippen MR) is 64.3 cm³/mol. The van der Waals surface area contributed by atoms with Crippen molar-refractivity contribution >= 4 is 16.0 Å². The number of benzene rings is 1. The Morgan fingerprint density at radius 3 is 2.32 bits per heavy atom. The molecule has 0 aromatic heterocycles. The Balaban J connectivity index is 2.60. The van der Waals surface area contributed by atoms with E-state index in [1.165, 1.54) is 12.1 Å². The number of halogens is 2. The number of carbonyl (C=O) groups is 1. The number of hydrogen-bond donors (Lipinski definition) is 2. The molecule has 19 heavy (non-hydrogen) atoms. The number of nitrogens with one attached hydrogen (secondary N) is 1. The summed E-state index contributed by atoms with van der Waals surface area (Å²) in [5.74, 6) is -1.49. The first-order chi connectivity index (χ1) is 8.80. The van der Waals surface area contributed by atoms with Gasteiger partial charge in [0.2, 0.25) is 10.0 Å². The molecule has 1 aromatic rings. The molecular weight excluding hydrogens is 280 g/mol. The molecule has 8 heteroatoms. The number of alkyl halides is 2. The van der Waals surface area contributed by atoms with Crippen molar-refractivity contribution in [2.75, 3.05) is 6.54 Å². The first-order valence-corrected chi connectivity index (χ1v) is 7.01. The molecule has 0 saturated heterocycles. The van der Waals surface area contributed by atoms with Crippen LogP contribution in [0.5, 0.6) is 0 Å². The van der Waals surface area contributed by atoms with Crippen molar-refractivity contribution in [1.82, 2.24) is 4.72 Å². The molecule has 0 aliphatic carbocycles. The van der Waals surface area contributed by atoms with Crippen molar-refractivity contribution in [3.63, 3.8) is 0 Å². The zero-order valence-electron chi connectivity index (χ0n) is 9.84. The molecule has 0 aliphatic rings. The van der Waals surface area contributed by atoms with E-state index in [1.807, 2.05) is 0 Å². The van der Waals surface area contributed by atoms with Crippen molar-refractivity contribution in [3.05, 3.63) is 35.4 Å². The number of carboxylic acid groups (broad SMARTS) is 1. The second-order valence-electron chi connectivity index (χ2n) is 3.84. The van der Waals surface area contributed by atoms with E-state index in [0.717, 1.165) is 12.1 Å². The highest BCUT2D eigenvalue weighted by Crippen LogP contribution is 2.19. The van der Waals surface area contributed by atoms with E-state index in [-0.39, 0.29) is 24.3 Å². The van der Waals surface area contributed by atoms with Crippen LogP contribution in [0.4, 0.5) is 8.78 Å². The van der Waals surface area contributed by atoms with Crippen molar-refractivity contribution in [3.8, 4) is 0 Å². The van der Waals surface area contributed by atoms with Crippen LogP contribution in [0, 0.1) is 0 Å². The van der Waals surface area contributed by atoms with Gasteiger partial charge in [0.25, 0.3) is 6.43 Å². The fraction of sp³-hybridized carbons (Fsp3) is 0.364. The van der Waals surface area contributed by atoms with E-state index in [1.54, 1.807) is 0 Å². The Labute approximate surface area is 109 Å². The molecule has 1 rings (SSSR count). The summed E-state index contributed by atoms with van der Waals surface area (Å²) in [6.07, 6.45) is -2.91. The van der Waals surface area contributed by atoms with Gasteiger partial charge in [0.15, 0.2) is 0 Å². The van der Waals surface area contributed by atoms with E-state index >= 15 is 0 Å². The summed E-state index contributed by atoms with van der Waals surface area (Å²) in [5, 5.41) is 8.38. The van der Waals surface area contributed by atoms with Crippen LogP contribution in [0.2, 0.25) is 0 Å². The van der Waals surface area contributed by atoms with Gasteiger partial charge in [-0.15, -0.1) is 0 Å².